The number of aromatic nitrogens is 2. The van der Waals surface area contributed by atoms with Crippen molar-refractivity contribution in [3.8, 4) is 5.69 Å². The van der Waals surface area contributed by atoms with Crippen molar-refractivity contribution in [1.29, 1.82) is 0 Å². The van der Waals surface area contributed by atoms with E-state index in [1.54, 1.807) is 24.7 Å². The zero-order chi connectivity index (χ0) is 18.5. The molecule has 8 nitrogen and oxygen atoms in total. The van der Waals surface area contributed by atoms with E-state index in [2.05, 4.69) is 25.2 Å². The number of nitrogens with zero attached hydrogens (tertiary/aromatic N) is 4. The molecule has 1 N–H and O–H groups in total. The minimum absolute atomic E-state index is 0.188. The number of hydrogen-bond acceptors (Lipinski definition) is 7. The highest BCUT2D eigenvalue weighted by Crippen LogP contribution is 2.23. The molecule has 0 aliphatic carbocycles. The van der Waals surface area contributed by atoms with Gasteiger partial charge in [-0.3, -0.25) is 10.1 Å². The average Bonchev–Trinajstić information content (AvgIpc) is 3.27. The quantitative estimate of drug-likeness (QED) is 0.374. The van der Waals surface area contributed by atoms with E-state index in [9.17, 15) is 9.59 Å². The molecule has 0 radical (unpaired) electrons. The molecule has 3 rings (SSSR count). The van der Waals surface area contributed by atoms with Crippen LogP contribution in [0.4, 0.5) is 0 Å². The fourth-order valence-electron chi connectivity index (χ4n) is 1.98. The number of nitrogens with one attached hydrogen (secondary N) is 1. The van der Waals surface area contributed by atoms with Crippen molar-refractivity contribution in [1.82, 2.24) is 14.9 Å². The number of ether oxygens (including phenoxy) is 1. The predicted octanol–water partition coefficient (Wildman–Crippen LogP) is 2.14. The van der Waals surface area contributed by atoms with Crippen molar-refractivity contribution in [2.24, 2.45) is 10.2 Å². The number of esters is 1. The molecule has 0 atom stereocenters. The number of imidazole rings is 1. The summed E-state index contributed by atoms with van der Waals surface area (Å²) in [4.78, 5) is 27.1. The summed E-state index contributed by atoms with van der Waals surface area (Å²) in [5.41, 5.74) is 1.53. The number of carbonyl (C=O) groups excluding carboxylic acids is 2. The van der Waals surface area contributed by atoms with Crippen LogP contribution in [0.5, 0.6) is 0 Å². The SMILES string of the molecule is COC(=O)/C=C1/S/C(=N\N=Cc2ccc(-n3ccnc3)cc2Cl)NC1=O. The minimum Gasteiger partial charge on any atom is -0.466 e. The van der Waals surface area contributed by atoms with Crippen LogP contribution >= 0.6 is 23.4 Å². The normalized spacial score (nSPS) is 17.2. The number of benzene rings is 1. The maximum Gasteiger partial charge on any atom is 0.331 e. The number of amidine groups is 1. The molecule has 0 saturated carbocycles. The highest BCUT2D eigenvalue weighted by molar-refractivity contribution is 8.18. The fourth-order valence-corrected chi connectivity index (χ4v) is 2.94. The lowest BCUT2D eigenvalue weighted by Crippen LogP contribution is -2.19. The first-order chi connectivity index (χ1) is 12.6. The van der Waals surface area contributed by atoms with Gasteiger partial charge in [-0.25, -0.2) is 9.78 Å². The molecule has 1 aromatic heterocycles. The Morgan fingerprint density at radius 3 is 3.00 bits per heavy atom. The summed E-state index contributed by atoms with van der Waals surface area (Å²) in [6.45, 7) is 0. The van der Waals surface area contributed by atoms with Crippen LogP contribution < -0.4 is 5.32 Å². The lowest BCUT2D eigenvalue weighted by Gasteiger charge is -2.04. The Morgan fingerprint density at radius 1 is 1.46 bits per heavy atom. The fraction of sp³-hybridized carbons (Fsp3) is 0.0625. The van der Waals surface area contributed by atoms with Gasteiger partial charge in [0, 0.05) is 29.7 Å². The Bertz CT molecular complexity index is 937. The molecule has 132 valence electrons. The van der Waals surface area contributed by atoms with Crippen molar-refractivity contribution in [2.45, 2.75) is 0 Å². The minimum atomic E-state index is -0.614. The van der Waals surface area contributed by atoms with E-state index in [0.29, 0.717) is 10.6 Å². The van der Waals surface area contributed by atoms with E-state index in [1.807, 2.05) is 16.8 Å². The maximum absolute atomic E-state index is 11.7. The van der Waals surface area contributed by atoms with E-state index < -0.39 is 11.9 Å². The molecule has 2 aromatic rings. The molecule has 26 heavy (non-hydrogen) atoms. The van der Waals surface area contributed by atoms with Gasteiger partial charge in [0.25, 0.3) is 5.91 Å². The third-order valence-corrected chi connectivity index (χ3v) is 4.46. The Balaban J connectivity index is 1.71. The van der Waals surface area contributed by atoms with E-state index in [0.717, 1.165) is 23.5 Å². The summed E-state index contributed by atoms with van der Waals surface area (Å²) in [5.74, 6) is -1.05. The van der Waals surface area contributed by atoms with Gasteiger partial charge in [0.05, 0.1) is 29.6 Å². The van der Waals surface area contributed by atoms with Gasteiger partial charge in [-0.05, 0) is 30.0 Å². The summed E-state index contributed by atoms with van der Waals surface area (Å²) in [7, 11) is 1.23. The van der Waals surface area contributed by atoms with Gasteiger partial charge in [0.15, 0.2) is 5.17 Å². The Kier molecular flexibility index (Phi) is 5.49. The van der Waals surface area contributed by atoms with Crippen molar-refractivity contribution >= 4 is 46.6 Å². The first-order valence-electron chi connectivity index (χ1n) is 7.24. The number of hydrogen-bond donors (Lipinski definition) is 1. The molecule has 0 spiro atoms. The number of thioether (sulfide) groups is 1. The van der Waals surface area contributed by atoms with Crippen molar-refractivity contribution in [2.75, 3.05) is 7.11 Å². The summed E-state index contributed by atoms with van der Waals surface area (Å²) >= 11 is 7.25. The second kappa shape index (κ2) is 7.98. The van der Waals surface area contributed by atoms with Crippen LogP contribution in [0.1, 0.15) is 5.56 Å². The molecular weight excluding hydrogens is 378 g/mol. The van der Waals surface area contributed by atoms with Crippen LogP contribution in [0, 0.1) is 0 Å². The van der Waals surface area contributed by atoms with Crippen LogP contribution in [0.15, 0.2) is 58.1 Å². The lowest BCUT2D eigenvalue weighted by atomic mass is 10.2. The molecule has 2 heterocycles. The van der Waals surface area contributed by atoms with Gasteiger partial charge in [-0.1, -0.05) is 11.6 Å². The third-order valence-electron chi connectivity index (χ3n) is 3.23. The largest absolute Gasteiger partial charge is 0.466 e. The number of halogens is 1. The number of rotatable bonds is 4. The molecule has 1 fully saturated rings. The van der Waals surface area contributed by atoms with Gasteiger partial charge in [-0.2, -0.15) is 5.10 Å². The molecule has 1 aromatic carbocycles. The highest BCUT2D eigenvalue weighted by atomic mass is 35.5. The number of methoxy groups -OCH3 is 1. The van der Waals surface area contributed by atoms with Crippen LogP contribution in [0.2, 0.25) is 5.02 Å². The summed E-state index contributed by atoms with van der Waals surface area (Å²) in [6, 6.07) is 5.44. The Hall–Kier alpha value is -2.91. The highest BCUT2D eigenvalue weighted by Gasteiger charge is 2.24. The molecule has 1 aliphatic rings. The number of carbonyl (C=O) groups is 2. The molecule has 1 aliphatic heterocycles. The van der Waals surface area contributed by atoms with Crippen molar-refractivity contribution in [3.05, 3.63) is 58.5 Å². The Labute approximate surface area is 157 Å². The van der Waals surface area contributed by atoms with Gasteiger partial charge in [0.2, 0.25) is 0 Å². The topological polar surface area (TPSA) is 97.9 Å². The second-order valence-corrected chi connectivity index (χ2v) is 6.35. The number of amides is 1. The van der Waals surface area contributed by atoms with E-state index in [4.69, 9.17) is 11.6 Å². The lowest BCUT2D eigenvalue weighted by molar-refractivity contribution is -0.135. The molecule has 1 saturated heterocycles. The molecule has 0 unspecified atom stereocenters. The molecule has 10 heteroatoms. The zero-order valence-electron chi connectivity index (χ0n) is 13.4. The average molecular weight is 390 g/mol. The van der Waals surface area contributed by atoms with Crippen molar-refractivity contribution in [3.63, 3.8) is 0 Å². The van der Waals surface area contributed by atoms with E-state index in [-0.39, 0.29) is 10.1 Å². The van der Waals surface area contributed by atoms with Gasteiger partial charge in [0.1, 0.15) is 0 Å². The summed E-state index contributed by atoms with van der Waals surface area (Å²) in [5, 5.41) is 11.1. The van der Waals surface area contributed by atoms with Crippen molar-refractivity contribution < 1.29 is 14.3 Å². The third kappa shape index (κ3) is 4.19. The monoisotopic (exact) mass is 389 g/mol. The van der Waals surface area contributed by atoms with Gasteiger partial charge < -0.3 is 9.30 Å². The standard InChI is InChI=1S/C16H12ClN5O3S/c1-25-14(23)7-13-15(24)20-16(26-13)21-19-8-10-2-3-11(6-12(10)17)22-5-4-18-9-22/h2-9H,1H3,(H,20,21,24)/b13-7+,19-8?. The predicted molar refractivity (Wildman–Crippen MR) is 99.4 cm³/mol. The van der Waals surface area contributed by atoms with Gasteiger partial charge in [-0.15, -0.1) is 5.10 Å². The van der Waals surface area contributed by atoms with Crippen LogP contribution in [-0.4, -0.2) is 39.9 Å². The van der Waals surface area contributed by atoms with Gasteiger partial charge >= 0.3 is 5.97 Å². The molecular formula is C16H12ClN5O3S. The van der Waals surface area contributed by atoms with Crippen LogP contribution in [0.25, 0.3) is 5.69 Å². The van der Waals surface area contributed by atoms with Crippen LogP contribution in [-0.2, 0) is 14.3 Å². The summed E-state index contributed by atoms with van der Waals surface area (Å²) < 4.78 is 6.31. The first kappa shape index (κ1) is 17.9. The van der Waals surface area contributed by atoms with E-state index in [1.165, 1.54) is 13.3 Å². The first-order valence-corrected chi connectivity index (χ1v) is 8.44. The zero-order valence-corrected chi connectivity index (χ0v) is 15.0. The maximum atomic E-state index is 11.7. The van der Waals surface area contributed by atoms with E-state index >= 15 is 0 Å². The summed E-state index contributed by atoms with van der Waals surface area (Å²) in [6.07, 6.45) is 7.73. The Morgan fingerprint density at radius 2 is 2.31 bits per heavy atom. The molecule has 1 amide bonds. The van der Waals surface area contributed by atoms with Crippen LogP contribution in [0.3, 0.4) is 0 Å². The second-order valence-electron chi connectivity index (χ2n) is 4.91. The smallest absolute Gasteiger partial charge is 0.331 e. The molecule has 0 bridgehead atoms.